The fraction of sp³-hybridized carbons (Fsp3) is 0.429. The van der Waals surface area contributed by atoms with Crippen molar-refractivity contribution in [3.63, 3.8) is 0 Å². The van der Waals surface area contributed by atoms with Crippen molar-refractivity contribution in [1.82, 2.24) is 4.90 Å². The molecule has 114 valence electrons. The van der Waals surface area contributed by atoms with Gasteiger partial charge in [0.2, 0.25) is 5.91 Å². The van der Waals surface area contributed by atoms with Crippen molar-refractivity contribution < 1.29 is 24.2 Å². The molecule has 0 bridgehead atoms. The lowest BCUT2D eigenvalue weighted by Crippen LogP contribution is -2.42. The molecule has 0 saturated carbocycles. The summed E-state index contributed by atoms with van der Waals surface area (Å²) >= 11 is 1.45. The van der Waals surface area contributed by atoms with E-state index in [2.05, 4.69) is 0 Å². The summed E-state index contributed by atoms with van der Waals surface area (Å²) in [6.45, 7) is 0. The van der Waals surface area contributed by atoms with Gasteiger partial charge >= 0.3 is 5.97 Å². The predicted molar refractivity (Wildman–Crippen MR) is 78.8 cm³/mol. The zero-order chi connectivity index (χ0) is 15.4. The molecular formula is C14H17NO5S. The second-order valence-electron chi connectivity index (χ2n) is 4.57. The number of methoxy groups -OCH3 is 2. The zero-order valence-electron chi connectivity index (χ0n) is 11.9. The maximum atomic E-state index is 12.3. The normalized spacial score (nSPS) is 17.6. The first-order valence-electron chi connectivity index (χ1n) is 6.37. The molecule has 1 aliphatic rings. The van der Waals surface area contributed by atoms with Crippen LogP contribution in [0.15, 0.2) is 18.2 Å². The molecule has 0 radical (unpaired) electrons. The minimum absolute atomic E-state index is 0.109. The molecule has 1 aliphatic heterocycles. The smallest absolute Gasteiger partial charge is 0.327 e. The van der Waals surface area contributed by atoms with Gasteiger partial charge in [-0.25, -0.2) is 4.79 Å². The van der Waals surface area contributed by atoms with Crippen LogP contribution in [0.3, 0.4) is 0 Å². The Balaban J connectivity index is 2.14. The van der Waals surface area contributed by atoms with E-state index < -0.39 is 12.0 Å². The Morgan fingerprint density at radius 1 is 1.38 bits per heavy atom. The molecule has 1 heterocycles. The Morgan fingerprint density at radius 2 is 2.14 bits per heavy atom. The van der Waals surface area contributed by atoms with Gasteiger partial charge < -0.3 is 19.5 Å². The number of nitrogens with zero attached hydrogens (tertiary/aromatic N) is 1. The van der Waals surface area contributed by atoms with E-state index in [0.717, 1.165) is 0 Å². The largest absolute Gasteiger partial charge is 0.497 e. The molecule has 0 spiro atoms. The quantitative estimate of drug-likeness (QED) is 0.881. The van der Waals surface area contributed by atoms with Gasteiger partial charge in [-0.2, -0.15) is 0 Å². The molecule has 7 heteroatoms. The van der Waals surface area contributed by atoms with E-state index in [1.807, 2.05) is 0 Å². The van der Waals surface area contributed by atoms with E-state index in [9.17, 15) is 9.59 Å². The Labute approximate surface area is 127 Å². The van der Waals surface area contributed by atoms with Gasteiger partial charge in [0.05, 0.1) is 26.5 Å². The average Bonchev–Trinajstić information content (AvgIpc) is 2.97. The third-order valence-electron chi connectivity index (χ3n) is 3.32. The van der Waals surface area contributed by atoms with E-state index in [1.54, 1.807) is 25.3 Å². The van der Waals surface area contributed by atoms with Crippen LogP contribution in [0.4, 0.5) is 0 Å². The van der Waals surface area contributed by atoms with E-state index in [1.165, 1.54) is 23.8 Å². The van der Waals surface area contributed by atoms with Crippen LogP contribution in [0.2, 0.25) is 0 Å². The number of benzene rings is 1. The number of hydrogen-bond donors (Lipinski definition) is 1. The molecule has 1 unspecified atom stereocenters. The summed E-state index contributed by atoms with van der Waals surface area (Å²) < 4.78 is 10.4. The van der Waals surface area contributed by atoms with Crippen LogP contribution in [-0.4, -0.2) is 53.8 Å². The highest BCUT2D eigenvalue weighted by atomic mass is 32.2. The molecule has 1 N–H and O–H groups in total. The number of carboxylic acids is 1. The predicted octanol–water partition coefficient (Wildman–Crippen LogP) is 1.23. The van der Waals surface area contributed by atoms with Crippen LogP contribution in [0.5, 0.6) is 11.5 Å². The Morgan fingerprint density at radius 3 is 2.76 bits per heavy atom. The number of aliphatic carboxylic acids is 1. The van der Waals surface area contributed by atoms with Gasteiger partial charge in [-0.05, 0) is 6.07 Å². The Hall–Kier alpha value is -1.89. The topological polar surface area (TPSA) is 76.1 Å². The molecule has 1 aromatic rings. The summed E-state index contributed by atoms with van der Waals surface area (Å²) in [5.41, 5.74) is 0.712. The molecule has 2 rings (SSSR count). The summed E-state index contributed by atoms with van der Waals surface area (Å²) in [6.07, 6.45) is 0.109. The number of carbonyl (C=O) groups is 2. The third-order valence-corrected chi connectivity index (χ3v) is 4.34. The van der Waals surface area contributed by atoms with Gasteiger partial charge in [-0.3, -0.25) is 4.79 Å². The first-order valence-corrected chi connectivity index (χ1v) is 7.53. The lowest BCUT2D eigenvalue weighted by atomic mass is 10.1. The fourth-order valence-electron chi connectivity index (χ4n) is 2.16. The Kier molecular flexibility index (Phi) is 4.95. The van der Waals surface area contributed by atoms with E-state index >= 15 is 0 Å². The standard InChI is InChI=1S/C14H17NO5S/c1-19-10-4-3-9(12(6-10)20-2)5-13(16)15-8-21-7-11(15)14(17)18/h3-4,6,11H,5,7-8H2,1-2H3,(H,17,18). The van der Waals surface area contributed by atoms with Crippen molar-refractivity contribution in [2.75, 3.05) is 25.8 Å². The highest BCUT2D eigenvalue weighted by Gasteiger charge is 2.34. The summed E-state index contributed by atoms with van der Waals surface area (Å²) in [4.78, 5) is 24.8. The van der Waals surface area contributed by atoms with Crippen molar-refractivity contribution in [3.05, 3.63) is 23.8 Å². The minimum atomic E-state index is -0.963. The number of rotatable bonds is 5. The highest BCUT2D eigenvalue weighted by molar-refractivity contribution is 7.99. The molecule has 21 heavy (non-hydrogen) atoms. The van der Waals surface area contributed by atoms with Crippen LogP contribution in [-0.2, 0) is 16.0 Å². The van der Waals surface area contributed by atoms with Crippen LogP contribution in [0, 0.1) is 0 Å². The maximum absolute atomic E-state index is 12.3. The zero-order valence-corrected chi connectivity index (χ0v) is 12.7. The van der Waals surface area contributed by atoms with E-state index in [4.69, 9.17) is 14.6 Å². The van der Waals surface area contributed by atoms with Crippen molar-refractivity contribution in [2.45, 2.75) is 12.5 Å². The monoisotopic (exact) mass is 311 g/mol. The summed E-state index contributed by atoms with van der Waals surface area (Å²) in [6, 6.07) is 4.47. The molecule has 6 nitrogen and oxygen atoms in total. The van der Waals surface area contributed by atoms with Gasteiger partial charge in [0, 0.05) is 17.4 Å². The third kappa shape index (κ3) is 3.41. The number of amides is 1. The van der Waals surface area contributed by atoms with E-state index in [0.29, 0.717) is 28.7 Å². The SMILES string of the molecule is COc1ccc(CC(=O)N2CSCC2C(=O)O)c(OC)c1. The van der Waals surface area contributed by atoms with Gasteiger partial charge in [-0.15, -0.1) is 11.8 Å². The van der Waals surface area contributed by atoms with Gasteiger partial charge in [0.15, 0.2) is 0 Å². The number of thioether (sulfide) groups is 1. The maximum Gasteiger partial charge on any atom is 0.327 e. The van der Waals surface area contributed by atoms with Gasteiger partial charge in [0.1, 0.15) is 17.5 Å². The Bertz CT molecular complexity index is 548. The van der Waals surface area contributed by atoms with Crippen LogP contribution in [0.1, 0.15) is 5.56 Å². The number of carbonyl (C=O) groups excluding carboxylic acids is 1. The molecule has 1 fully saturated rings. The second-order valence-corrected chi connectivity index (χ2v) is 5.57. The molecule has 1 aromatic carbocycles. The lowest BCUT2D eigenvalue weighted by Gasteiger charge is -2.21. The molecule has 1 saturated heterocycles. The highest BCUT2D eigenvalue weighted by Crippen LogP contribution is 2.27. The molecular weight excluding hydrogens is 294 g/mol. The molecule has 0 aromatic heterocycles. The van der Waals surface area contributed by atoms with Gasteiger partial charge in [0.25, 0.3) is 0 Å². The van der Waals surface area contributed by atoms with Crippen molar-refractivity contribution >= 4 is 23.6 Å². The average molecular weight is 311 g/mol. The fourth-order valence-corrected chi connectivity index (χ4v) is 3.33. The molecule has 1 atom stereocenters. The summed E-state index contributed by atoms with van der Waals surface area (Å²) in [5.74, 6) is 0.866. The van der Waals surface area contributed by atoms with Crippen LogP contribution in [0.25, 0.3) is 0 Å². The van der Waals surface area contributed by atoms with Crippen LogP contribution < -0.4 is 9.47 Å². The van der Waals surface area contributed by atoms with Crippen molar-refractivity contribution in [2.24, 2.45) is 0 Å². The van der Waals surface area contributed by atoms with E-state index in [-0.39, 0.29) is 12.3 Å². The first kappa shape index (κ1) is 15.5. The van der Waals surface area contributed by atoms with Gasteiger partial charge in [-0.1, -0.05) is 6.07 Å². The second kappa shape index (κ2) is 6.71. The van der Waals surface area contributed by atoms with Crippen molar-refractivity contribution in [3.8, 4) is 11.5 Å². The lowest BCUT2D eigenvalue weighted by molar-refractivity contribution is -0.147. The molecule has 0 aliphatic carbocycles. The molecule has 1 amide bonds. The van der Waals surface area contributed by atoms with Crippen LogP contribution >= 0.6 is 11.8 Å². The number of ether oxygens (including phenoxy) is 2. The summed E-state index contributed by atoms with van der Waals surface area (Å²) in [7, 11) is 3.08. The summed E-state index contributed by atoms with van der Waals surface area (Å²) in [5, 5.41) is 9.12. The van der Waals surface area contributed by atoms with Crippen molar-refractivity contribution in [1.29, 1.82) is 0 Å². The minimum Gasteiger partial charge on any atom is -0.497 e. The number of hydrogen-bond acceptors (Lipinski definition) is 5. The first-order chi connectivity index (χ1) is 10.1. The number of carboxylic acid groups (broad SMARTS) is 1.